The molecular formula is C18H21NO. The van der Waals surface area contributed by atoms with Crippen molar-refractivity contribution in [2.75, 3.05) is 11.4 Å². The molecule has 0 radical (unpaired) electrons. The average Bonchev–Trinajstić information content (AvgIpc) is 2.48. The van der Waals surface area contributed by atoms with Gasteiger partial charge in [0.2, 0.25) is 0 Å². The zero-order valence-electron chi connectivity index (χ0n) is 12.1. The molecule has 1 atom stereocenters. The molecule has 20 heavy (non-hydrogen) atoms. The number of fused-ring (bicyclic) bond motifs is 1. The summed E-state index contributed by atoms with van der Waals surface area (Å²) in [6, 6.07) is 19.2. The van der Waals surface area contributed by atoms with E-state index in [0.717, 1.165) is 13.0 Å². The average molecular weight is 267 g/mol. The van der Waals surface area contributed by atoms with Crippen molar-refractivity contribution in [3.63, 3.8) is 0 Å². The summed E-state index contributed by atoms with van der Waals surface area (Å²) >= 11 is 0. The van der Waals surface area contributed by atoms with Crippen molar-refractivity contribution < 1.29 is 4.74 Å². The van der Waals surface area contributed by atoms with E-state index in [1.807, 2.05) is 0 Å². The first-order valence-electron chi connectivity index (χ1n) is 7.30. The molecule has 104 valence electrons. The van der Waals surface area contributed by atoms with Gasteiger partial charge in [-0.15, -0.1) is 0 Å². The van der Waals surface area contributed by atoms with Gasteiger partial charge < -0.3 is 9.64 Å². The maximum atomic E-state index is 6.21. The van der Waals surface area contributed by atoms with Crippen molar-refractivity contribution in [3.8, 4) is 0 Å². The predicted octanol–water partition coefficient (Wildman–Crippen LogP) is 4.17. The quantitative estimate of drug-likeness (QED) is 0.827. The van der Waals surface area contributed by atoms with E-state index in [1.165, 1.54) is 16.8 Å². The highest BCUT2D eigenvalue weighted by Crippen LogP contribution is 2.35. The minimum atomic E-state index is 0.0161. The summed E-state index contributed by atoms with van der Waals surface area (Å²) in [5, 5.41) is 0. The predicted molar refractivity (Wildman–Crippen MR) is 82.9 cm³/mol. The highest BCUT2D eigenvalue weighted by atomic mass is 16.5. The Labute approximate surface area is 121 Å². The number of ether oxygens (including phenoxy) is 1. The van der Waals surface area contributed by atoms with Crippen LogP contribution in [0, 0.1) is 0 Å². The summed E-state index contributed by atoms with van der Waals surface area (Å²) in [5.41, 5.74) is 3.94. The van der Waals surface area contributed by atoms with Crippen LogP contribution >= 0.6 is 0 Å². The second-order valence-corrected chi connectivity index (χ2v) is 5.51. The van der Waals surface area contributed by atoms with Crippen LogP contribution in [0.4, 0.5) is 5.69 Å². The Morgan fingerprint density at radius 1 is 1.00 bits per heavy atom. The largest absolute Gasteiger partial charge is 0.351 e. The van der Waals surface area contributed by atoms with E-state index in [-0.39, 0.29) is 12.3 Å². The molecule has 1 aliphatic rings. The van der Waals surface area contributed by atoms with Gasteiger partial charge in [-0.3, -0.25) is 0 Å². The Morgan fingerprint density at radius 3 is 2.45 bits per heavy atom. The van der Waals surface area contributed by atoms with E-state index in [2.05, 4.69) is 73.3 Å². The van der Waals surface area contributed by atoms with E-state index in [1.54, 1.807) is 0 Å². The molecule has 2 aromatic carbocycles. The van der Waals surface area contributed by atoms with E-state index in [0.29, 0.717) is 0 Å². The van der Waals surface area contributed by atoms with Gasteiger partial charge in [-0.25, -0.2) is 0 Å². The van der Waals surface area contributed by atoms with Gasteiger partial charge in [0.05, 0.1) is 6.10 Å². The third-order valence-electron chi connectivity index (χ3n) is 3.72. The molecule has 2 nitrogen and oxygen atoms in total. The van der Waals surface area contributed by atoms with Gasteiger partial charge >= 0.3 is 0 Å². The molecule has 2 aromatic rings. The molecule has 0 saturated heterocycles. The molecular weight excluding hydrogens is 246 g/mol. The minimum Gasteiger partial charge on any atom is -0.351 e. The summed E-state index contributed by atoms with van der Waals surface area (Å²) in [4.78, 5) is 2.36. The van der Waals surface area contributed by atoms with Gasteiger partial charge in [0.1, 0.15) is 0 Å². The topological polar surface area (TPSA) is 12.5 Å². The van der Waals surface area contributed by atoms with Crippen molar-refractivity contribution in [2.45, 2.75) is 32.6 Å². The number of anilines is 1. The molecule has 0 saturated carbocycles. The lowest BCUT2D eigenvalue weighted by molar-refractivity contribution is 0.00149. The number of para-hydroxylation sites is 1. The van der Waals surface area contributed by atoms with Crippen molar-refractivity contribution in [3.05, 3.63) is 65.7 Å². The van der Waals surface area contributed by atoms with Gasteiger partial charge in [0.25, 0.3) is 0 Å². The molecule has 2 heteroatoms. The van der Waals surface area contributed by atoms with Gasteiger partial charge in [-0.2, -0.15) is 0 Å². The fourth-order valence-electron chi connectivity index (χ4n) is 2.82. The van der Waals surface area contributed by atoms with Crippen molar-refractivity contribution in [1.82, 2.24) is 0 Å². The van der Waals surface area contributed by atoms with Gasteiger partial charge in [0.15, 0.2) is 6.23 Å². The summed E-state index contributed by atoms with van der Waals surface area (Å²) in [5.74, 6) is 0. The molecule has 1 unspecified atom stereocenters. The molecule has 0 fully saturated rings. The smallest absolute Gasteiger partial charge is 0.157 e. The van der Waals surface area contributed by atoms with Crippen LogP contribution in [0.1, 0.15) is 31.2 Å². The normalized spacial score (nSPS) is 18.1. The fraction of sp³-hybridized carbons (Fsp3) is 0.333. The summed E-state index contributed by atoms with van der Waals surface area (Å²) in [6.45, 7) is 5.19. The lowest BCUT2D eigenvalue weighted by Crippen LogP contribution is -2.38. The van der Waals surface area contributed by atoms with Crippen LogP contribution in [0.5, 0.6) is 0 Å². The van der Waals surface area contributed by atoms with Crippen molar-refractivity contribution in [1.29, 1.82) is 0 Å². The molecule has 1 aliphatic heterocycles. The Morgan fingerprint density at radius 2 is 1.70 bits per heavy atom. The highest BCUT2D eigenvalue weighted by molar-refractivity contribution is 5.51. The summed E-state index contributed by atoms with van der Waals surface area (Å²) < 4.78 is 6.21. The summed E-state index contributed by atoms with van der Waals surface area (Å²) in [7, 11) is 0. The first kappa shape index (κ1) is 13.2. The molecule has 0 N–H and O–H groups in total. The third-order valence-corrected chi connectivity index (χ3v) is 3.72. The molecule has 0 amide bonds. The Balaban J connectivity index is 1.99. The Bertz CT molecular complexity index is 565. The zero-order valence-corrected chi connectivity index (χ0v) is 12.1. The third kappa shape index (κ3) is 2.56. The van der Waals surface area contributed by atoms with Gasteiger partial charge in [0, 0.05) is 17.8 Å². The highest BCUT2D eigenvalue weighted by Gasteiger charge is 2.28. The first-order chi connectivity index (χ1) is 9.75. The second kappa shape index (κ2) is 5.68. The number of rotatable bonds is 3. The monoisotopic (exact) mass is 267 g/mol. The van der Waals surface area contributed by atoms with Gasteiger partial charge in [-0.05, 0) is 38.0 Å². The maximum absolute atomic E-state index is 6.21. The number of benzene rings is 2. The van der Waals surface area contributed by atoms with Crippen LogP contribution < -0.4 is 4.90 Å². The minimum absolute atomic E-state index is 0.0161. The zero-order chi connectivity index (χ0) is 13.9. The fourth-order valence-corrected chi connectivity index (χ4v) is 2.82. The number of nitrogens with zero attached hydrogens (tertiary/aromatic N) is 1. The number of hydrogen-bond donors (Lipinski definition) is 0. The SMILES string of the molecule is CC(C)OC1c2ccccc2CCN1c1ccccc1. The maximum Gasteiger partial charge on any atom is 0.157 e. The lowest BCUT2D eigenvalue weighted by Gasteiger charge is -2.39. The van der Waals surface area contributed by atoms with Crippen LogP contribution in [0.25, 0.3) is 0 Å². The molecule has 0 aliphatic carbocycles. The summed E-state index contributed by atoms with van der Waals surface area (Å²) in [6.07, 6.45) is 1.29. The Kier molecular flexibility index (Phi) is 3.75. The van der Waals surface area contributed by atoms with E-state index < -0.39 is 0 Å². The van der Waals surface area contributed by atoms with E-state index >= 15 is 0 Å². The van der Waals surface area contributed by atoms with Crippen molar-refractivity contribution >= 4 is 5.69 Å². The van der Waals surface area contributed by atoms with E-state index in [9.17, 15) is 0 Å². The molecule has 0 spiro atoms. The number of hydrogen-bond acceptors (Lipinski definition) is 2. The Hall–Kier alpha value is -1.80. The molecule has 3 rings (SSSR count). The van der Waals surface area contributed by atoms with E-state index in [4.69, 9.17) is 4.74 Å². The molecule has 0 bridgehead atoms. The molecule has 0 aromatic heterocycles. The van der Waals surface area contributed by atoms with Gasteiger partial charge in [-0.1, -0.05) is 42.5 Å². The van der Waals surface area contributed by atoms with Crippen LogP contribution in [0.2, 0.25) is 0 Å². The lowest BCUT2D eigenvalue weighted by atomic mass is 9.97. The second-order valence-electron chi connectivity index (χ2n) is 5.51. The van der Waals surface area contributed by atoms with Crippen LogP contribution in [-0.4, -0.2) is 12.6 Å². The van der Waals surface area contributed by atoms with Crippen LogP contribution in [-0.2, 0) is 11.2 Å². The van der Waals surface area contributed by atoms with Crippen LogP contribution in [0.15, 0.2) is 54.6 Å². The van der Waals surface area contributed by atoms with Crippen molar-refractivity contribution in [2.24, 2.45) is 0 Å². The van der Waals surface area contributed by atoms with Crippen LogP contribution in [0.3, 0.4) is 0 Å². The standard InChI is InChI=1S/C18H21NO/c1-14(2)20-18-17-11-7-6-8-15(17)12-13-19(18)16-9-4-3-5-10-16/h3-11,14,18H,12-13H2,1-2H3. The first-order valence-corrected chi connectivity index (χ1v) is 7.30. The molecule has 1 heterocycles.